The van der Waals surface area contributed by atoms with E-state index in [0.29, 0.717) is 31.3 Å². The third-order valence-electron chi connectivity index (χ3n) is 10.7. The summed E-state index contributed by atoms with van der Waals surface area (Å²) in [6.07, 6.45) is 6.17. The summed E-state index contributed by atoms with van der Waals surface area (Å²) in [6.45, 7) is 12.4. The molecule has 0 amide bonds. The molecule has 0 radical (unpaired) electrons. The first kappa shape index (κ1) is 26.1. The number of aliphatic carboxylic acids is 1. The highest BCUT2D eigenvalue weighted by atomic mass is 16.7. The topological polar surface area (TPSA) is 102 Å². The van der Waals surface area contributed by atoms with Crippen LogP contribution in [0.1, 0.15) is 59.8 Å². The number of allylic oxidation sites excluding steroid dienone is 1. The van der Waals surface area contributed by atoms with Crippen molar-refractivity contribution in [2.75, 3.05) is 13.2 Å². The van der Waals surface area contributed by atoms with Gasteiger partial charge in [0.25, 0.3) is 0 Å². The van der Waals surface area contributed by atoms with Crippen LogP contribution in [-0.4, -0.2) is 60.3 Å². The first-order valence-corrected chi connectivity index (χ1v) is 13.7. The Bertz CT molecular complexity index is 944. The molecule has 1 saturated heterocycles. The van der Waals surface area contributed by atoms with Crippen molar-refractivity contribution in [3.8, 4) is 0 Å². The van der Waals surface area contributed by atoms with Gasteiger partial charge in [-0.25, -0.2) is 0 Å². The first-order chi connectivity index (χ1) is 17.1. The molecule has 4 aliphatic carbocycles. The van der Waals surface area contributed by atoms with E-state index >= 15 is 0 Å². The SMILES string of the molecule is C=CCO[C@H]1C[C@H](OCC23CC4C(C)CCC4C4(C=O)CC2C=C(C(C)C)C43C(=O)O)O[C@H](C)[C@H]1O. The van der Waals surface area contributed by atoms with E-state index in [9.17, 15) is 19.8 Å². The van der Waals surface area contributed by atoms with Crippen molar-refractivity contribution in [3.63, 3.8) is 0 Å². The molecule has 0 aromatic carbocycles. The van der Waals surface area contributed by atoms with Gasteiger partial charge in [-0.1, -0.05) is 44.9 Å². The number of carboxylic acids is 1. The molecule has 7 unspecified atom stereocenters. The van der Waals surface area contributed by atoms with Gasteiger partial charge in [-0.3, -0.25) is 4.79 Å². The van der Waals surface area contributed by atoms with E-state index in [-0.39, 0.29) is 24.4 Å². The van der Waals surface area contributed by atoms with Gasteiger partial charge in [0.1, 0.15) is 17.8 Å². The third kappa shape index (κ3) is 3.18. The quantitative estimate of drug-likeness (QED) is 0.363. The molecule has 1 aliphatic heterocycles. The second-order valence-electron chi connectivity index (χ2n) is 12.5. The number of aliphatic hydroxyl groups is 1. The minimum absolute atomic E-state index is 0.0200. The van der Waals surface area contributed by atoms with Gasteiger partial charge in [-0.05, 0) is 55.8 Å². The lowest BCUT2D eigenvalue weighted by Gasteiger charge is -2.58. The van der Waals surface area contributed by atoms with Crippen molar-refractivity contribution < 1.29 is 34.0 Å². The average Bonchev–Trinajstić information content (AvgIpc) is 3.41. The molecule has 36 heavy (non-hydrogen) atoms. The van der Waals surface area contributed by atoms with Gasteiger partial charge in [0.15, 0.2) is 6.29 Å². The maximum Gasteiger partial charge on any atom is 0.315 e. The van der Waals surface area contributed by atoms with Crippen LogP contribution >= 0.6 is 0 Å². The van der Waals surface area contributed by atoms with Crippen LogP contribution in [-0.2, 0) is 23.8 Å². The van der Waals surface area contributed by atoms with E-state index in [1.165, 1.54) is 0 Å². The molecule has 7 heteroatoms. The van der Waals surface area contributed by atoms with Crippen LogP contribution in [0.2, 0.25) is 0 Å². The van der Waals surface area contributed by atoms with Crippen LogP contribution in [0, 0.1) is 45.8 Å². The highest BCUT2D eigenvalue weighted by molar-refractivity contribution is 5.90. The Balaban J connectivity index is 1.52. The standard InChI is InChI=1S/C29H42O7/c1-6-9-34-23-11-24(36-18(5)25(23)31)35-15-28-13-20-17(4)7-8-21(20)27(14-30)12-19(28)10-22(16(2)3)29(27,28)26(32)33/h6,10,14,16-21,23-25,31H,1,7-9,11-13,15H2,2-5H3,(H,32,33)/t17?,18-,19?,20?,21?,23+,24-,25-,27?,28?,29?/m1/s1. The van der Waals surface area contributed by atoms with Crippen LogP contribution in [0.4, 0.5) is 0 Å². The number of carbonyl (C=O) groups is 2. The highest BCUT2D eigenvalue weighted by Gasteiger charge is 2.84. The summed E-state index contributed by atoms with van der Waals surface area (Å²) in [5.74, 6) is -0.00616. The Kier molecular flexibility index (Phi) is 6.55. The van der Waals surface area contributed by atoms with Crippen molar-refractivity contribution in [3.05, 3.63) is 24.3 Å². The van der Waals surface area contributed by atoms with Gasteiger partial charge >= 0.3 is 5.97 Å². The second kappa shape index (κ2) is 9.04. The molecule has 4 fully saturated rings. The lowest BCUT2D eigenvalue weighted by molar-refractivity contribution is -0.267. The number of carboxylic acid groups (broad SMARTS) is 1. The van der Waals surface area contributed by atoms with E-state index < -0.39 is 46.8 Å². The summed E-state index contributed by atoms with van der Waals surface area (Å²) in [6, 6.07) is 0. The number of carbonyl (C=O) groups excluding carboxylic acids is 1. The Labute approximate surface area is 214 Å². The lowest BCUT2D eigenvalue weighted by atomic mass is 9.43. The Morgan fingerprint density at radius 1 is 1.28 bits per heavy atom. The highest BCUT2D eigenvalue weighted by Crippen LogP contribution is 2.82. The molecular weight excluding hydrogens is 460 g/mol. The molecule has 3 saturated carbocycles. The summed E-state index contributed by atoms with van der Waals surface area (Å²) in [7, 11) is 0. The fourth-order valence-electron chi connectivity index (χ4n) is 9.35. The molecule has 11 atom stereocenters. The monoisotopic (exact) mass is 502 g/mol. The zero-order valence-electron chi connectivity index (χ0n) is 22.0. The molecule has 4 bridgehead atoms. The van der Waals surface area contributed by atoms with E-state index in [1.54, 1.807) is 13.0 Å². The molecule has 7 nitrogen and oxygen atoms in total. The van der Waals surface area contributed by atoms with Crippen LogP contribution in [0.5, 0.6) is 0 Å². The maximum atomic E-state index is 13.5. The molecule has 200 valence electrons. The minimum Gasteiger partial charge on any atom is -0.481 e. The molecule has 0 spiro atoms. The molecular formula is C29H42O7. The molecule has 1 heterocycles. The van der Waals surface area contributed by atoms with Gasteiger partial charge in [-0.2, -0.15) is 0 Å². The van der Waals surface area contributed by atoms with Crippen LogP contribution in [0.3, 0.4) is 0 Å². The number of hydrogen-bond donors (Lipinski definition) is 2. The second-order valence-corrected chi connectivity index (χ2v) is 12.5. The summed E-state index contributed by atoms with van der Waals surface area (Å²) >= 11 is 0. The summed E-state index contributed by atoms with van der Waals surface area (Å²) in [5, 5.41) is 21.6. The first-order valence-electron chi connectivity index (χ1n) is 13.7. The number of aliphatic hydroxyl groups excluding tert-OH is 1. The third-order valence-corrected chi connectivity index (χ3v) is 10.7. The van der Waals surface area contributed by atoms with Crippen molar-refractivity contribution in [2.24, 2.45) is 45.8 Å². The largest absolute Gasteiger partial charge is 0.481 e. The van der Waals surface area contributed by atoms with Crippen LogP contribution in [0.25, 0.3) is 0 Å². The molecule has 2 N–H and O–H groups in total. The molecule has 0 aromatic heterocycles. The maximum absolute atomic E-state index is 13.5. The number of rotatable bonds is 9. The predicted octanol–water partition coefficient (Wildman–Crippen LogP) is 3.99. The molecule has 0 aromatic rings. The van der Waals surface area contributed by atoms with Crippen LogP contribution in [0.15, 0.2) is 24.3 Å². The minimum atomic E-state index is -1.26. The van der Waals surface area contributed by atoms with Crippen LogP contribution < -0.4 is 0 Å². The fourth-order valence-corrected chi connectivity index (χ4v) is 9.35. The van der Waals surface area contributed by atoms with Crippen molar-refractivity contribution in [1.82, 2.24) is 0 Å². The summed E-state index contributed by atoms with van der Waals surface area (Å²) < 4.78 is 18.3. The number of fused-ring (bicyclic) bond motifs is 2. The van der Waals surface area contributed by atoms with Gasteiger partial charge in [0.05, 0.1) is 30.8 Å². The average molecular weight is 503 g/mol. The number of aldehydes is 1. The van der Waals surface area contributed by atoms with Gasteiger partial charge < -0.3 is 29.2 Å². The summed E-state index contributed by atoms with van der Waals surface area (Å²) in [5.41, 5.74) is -1.95. The normalized spacial score (nSPS) is 49.1. The van der Waals surface area contributed by atoms with Crippen molar-refractivity contribution in [2.45, 2.75) is 84.4 Å². The lowest BCUT2D eigenvalue weighted by Crippen LogP contribution is -2.63. The molecule has 5 aliphatic rings. The predicted molar refractivity (Wildman–Crippen MR) is 133 cm³/mol. The van der Waals surface area contributed by atoms with E-state index in [4.69, 9.17) is 14.2 Å². The Morgan fingerprint density at radius 3 is 2.67 bits per heavy atom. The van der Waals surface area contributed by atoms with Gasteiger partial charge in [-0.15, -0.1) is 6.58 Å². The Hall–Kier alpha value is -1.54. The van der Waals surface area contributed by atoms with Gasteiger partial charge in [0.2, 0.25) is 0 Å². The van der Waals surface area contributed by atoms with Gasteiger partial charge in [0, 0.05) is 11.8 Å². The summed E-state index contributed by atoms with van der Waals surface area (Å²) in [4.78, 5) is 26.6. The smallest absolute Gasteiger partial charge is 0.315 e. The van der Waals surface area contributed by atoms with E-state index in [1.807, 2.05) is 13.8 Å². The molecule has 5 rings (SSSR count). The van der Waals surface area contributed by atoms with E-state index in [2.05, 4.69) is 19.6 Å². The van der Waals surface area contributed by atoms with Crippen molar-refractivity contribution >= 4 is 12.3 Å². The number of ether oxygens (including phenoxy) is 3. The zero-order chi connectivity index (χ0) is 26.0. The van der Waals surface area contributed by atoms with Crippen molar-refractivity contribution in [1.29, 1.82) is 0 Å². The number of hydrogen-bond acceptors (Lipinski definition) is 6. The fraction of sp³-hybridized carbons (Fsp3) is 0.793. The Morgan fingerprint density at radius 2 is 2.03 bits per heavy atom. The zero-order valence-corrected chi connectivity index (χ0v) is 22.0. The van der Waals surface area contributed by atoms with E-state index in [0.717, 1.165) is 31.1 Å².